The molecule has 0 fully saturated rings. The monoisotopic (exact) mass is 1630 g/mol. The number of ether oxygens (including phenoxy) is 4. The highest BCUT2D eigenvalue weighted by Gasteiger charge is 2.31. The fourth-order valence-corrected chi connectivity index (χ4v) is 13.9. The average molecular weight is 1640 g/mol. The molecule has 2 N–H and O–H groups in total. The van der Waals surface area contributed by atoms with Crippen LogP contribution in [0.4, 0.5) is 5.69 Å². The number of aromatic nitrogens is 2. The highest BCUT2D eigenvalue weighted by atomic mass is 79.9. The molecule has 0 amide bonds. The quantitative estimate of drug-likeness (QED) is 0.0195. The van der Waals surface area contributed by atoms with Gasteiger partial charge in [0.25, 0.3) is 0 Å². The minimum Gasteiger partial charge on any atom is -0.489 e. The number of rotatable bonds is 31. The fraction of sp³-hybridized carbons (Fsp3) is 0.386. The molecule has 0 saturated carbocycles. The lowest BCUT2D eigenvalue weighted by Gasteiger charge is -2.21. The van der Waals surface area contributed by atoms with Gasteiger partial charge < -0.3 is 24.7 Å². The van der Waals surface area contributed by atoms with Crippen molar-refractivity contribution in [2.45, 2.75) is 173 Å². The van der Waals surface area contributed by atoms with Crippen molar-refractivity contribution in [2.75, 3.05) is 32.2 Å². The number of unbranched alkanes of at least 4 members (excludes halogenated alkanes) is 4. The lowest BCUT2D eigenvalue weighted by atomic mass is 9.84. The van der Waals surface area contributed by atoms with E-state index < -0.39 is 11.6 Å². The number of imidazole rings is 1. The Labute approximate surface area is 642 Å². The molecule has 1 aromatic heterocycles. The van der Waals surface area contributed by atoms with E-state index in [1.807, 2.05) is 66.7 Å². The Morgan fingerprint density at radius 1 is 0.422 bits per heavy atom. The van der Waals surface area contributed by atoms with E-state index in [4.69, 9.17) is 29.7 Å². The van der Waals surface area contributed by atoms with E-state index in [0.717, 1.165) is 123 Å². The number of para-hydroxylation sites is 2. The Bertz CT molecular complexity index is 4210. The molecule has 102 heavy (non-hydrogen) atoms. The molecule has 1 aliphatic carbocycles. The zero-order valence-corrected chi connectivity index (χ0v) is 65.9. The summed E-state index contributed by atoms with van der Waals surface area (Å²) in [5.41, 5.74) is 13.5. The Kier molecular flexibility index (Phi) is 35.5. The number of halogens is 4. The summed E-state index contributed by atoms with van der Waals surface area (Å²) in [7, 11) is 0. The highest BCUT2D eigenvalue weighted by molar-refractivity contribution is 9.11. The van der Waals surface area contributed by atoms with Crippen molar-refractivity contribution in [3.63, 3.8) is 0 Å². The van der Waals surface area contributed by atoms with Gasteiger partial charge in [-0.25, -0.2) is 4.98 Å². The summed E-state index contributed by atoms with van der Waals surface area (Å²) in [5.74, 6) is 5.21. The van der Waals surface area contributed by atoms with Crippen molar-refractivity contribution in [3.8, 4) is 51.2 Å². The van der Waals surface area contributed by atoms with Gasteiger partial charge in [0.15, 0.2) is 23.0 Å². The van der Waals surface area contributed by atoms with Gasteiger partial charge in [-0.1, -0.05) is 272 Å². The van der Waals surface area contributed by atoms with Gasteiger partial charge >= 0.3 is 0 Å². The Balaban J connectivity index is 0.000000256. The number of ketones is 2. The molecule has 11 rings (SSSR count). The number of nitrogens with zero attached hydrogens (tertiary/aromatic N) is 2. The number of fused-ring (bicyclic) bond motifs is 9. The van der Waals surface area contributed by atoms with E-state index in [0.29, 0.717) is 72.5 Å². The van der Waals surface area contributed by atoms with Crippen molar-refractivity contribution in [1.82, 2.24) is 9.55 Å². The van der Waals surface area contributed by atoms with E-state index in [1.165, 1.54) is 87.8 Å². The number of Topliss-reactive ketones (excluding diaryl/α,β-unsaturated/α-hetero) is 2. The maximum atomic E-state index is 12.1. The minimum atomic E-state index is -0.447. The largest absolute Gasteiger partial charge is 0.489 e. The number of benzene rings is 9. The summed E-state index contributed by atoms with van der Waals surface area (Å²) < 4.78 is 31.5. The predicted molar refractivity (Wildman–Crippen MR) is 444 cm³/mol. The van der Waals surface area contributed by atoms with Crippen LogP contribution < -0.4 is 24.7 Å². The lowest BCUT2D eigenvalue weighted by molar-refractivity contribution is 0.0815. The van der Waals surface area contributed by atoms with Crippen molar-refractivity contribution in [3.05, 3.63) is 204 Å². The number of hydrogen-bond acceptors (Lipinski definition) is 9. The van der Waals surface area contributed by atoms with Crippen molar-refractivity contribution in [1.29, 1.82) is 0 Å². The first-order valence-corrected chi connectivity index (χ1v) is 39.3. The molecule has 0 spiro atoms. The van der Waals surface area contributed by atoms with Crippen LogP contribution in [0.15, 0.2) is 188 Å². The second-order valence-corrected chi connectivity index (χ2v) is 29.7. The van der Waals surface area contributed by atoms with Gasteiger partial charge in [0, 0.05) is 62.3 Å². The van der Waals surface area contributed by atoms with Crippen LogP contribution in [-0.2, 0) is 0 Å². The Morgan fingerprint density at radius 3 is 1.24 bits per heavy atom. The molecule has 10 aromatic rings. The second kappa shape index (κ2) is 43.2. The van der Waals surface area contributed by atoms with Crippen molar-refractivity contribution < 1.29 is 33.3 Å². The highest BCUT2D eigenvalue weighted by Crippen LogP contribution is 2.43. The topological polar surface area (TPSA) is 132 Å². The lowest BCUT2D eigenvalue weighted by Crippen LogP contribution is -2.21. The third kappa shape index (κ3) is 22.9. The van der Waals surface area contributed by atoms with Crippen LogP contribution in [0, 0.1) is 23.7 Å². The SMILES string of the molecule is C.C.CCCCC(CC)COc1ccc(-c2nc3c4cc(Br)ccc4c4ccc(Br)cc4c3n2-c2ccccc2)cc1OCC(CC)CCCC.CCCCC(CC)COc1ccc(C=O)cc1OCC(CC)CCCC.Nc1ccccc1.O=C1C(=O)c2cc(Br)ccc2-c2ccc(Br)cc21. The van der Waals surface area contributed by atoms with Crippen LogP contribution in [0.1, 0.15) is 204 Å². The third-order valence-corrected chi connectivity index (χ3v) is 20.8. The van der Waals surface area contributed by atoms with Gasteiger partial charge in [-0.2, -0.15) is 0 Å². The van der Waals surface area contributed by atoms with Crippen LogP contribution in [0.3, 0.4) is 0 Å². The number of hydrogen-bond donors (Lipinski definition) is 1. The zero-order valence-electron chi connectivity index (χ0n) is 59.5. The van der Waals surface area contributed by atoms with E-state index in [2.05, 4.69) is 209 Å². The molecule has 1 heterocycles. The number of carbonyl (C=O) groups is 3. The standard InChI is InChI=1S/C43H48Br2N2O2.C23H38O3.C14H6Br2O2.C6H7N.2CH4/c1-5-9-14-29(7-3)27-48-39-23-18-31(24-40(39)49-28-30(8-4)15-10-6-2)43-46-41-37-25-32(44)19-21-35(37)36-22-20-33(45)26-38(36)42(41)47(43)34-16-12-11-13-17-34;1-5-9-11-19(7-3)17-25-22-14-13-21(16-24)15-23(22)26-18-20(8-4)12-10-6-2;15-7-1-3-9-10-4-2-8(16)6-12(10)14(18)13(17)11(9)5-7;7-6-4-2-1-3-5-6;;/h11-13,16-26,29-30H,5-10,14-15,27-28H2,1-4H3;13-16,19-20H,5-12,17-18H2,1-4H3;1-6H;1-5H,7H2;2*1H4. The first-order valence-electron chi connectivity index (χ1n) is 36.1. The Hall–Kier alpha value is -7.10. The number of aldehydes is 1. The number of anilines is 1. The Morgan fingerprint density at radius 2 is 0.814 bits per heavy atom. The first-order chi connectivity index (χ1) is 48.6. The fourth-order valence-electron chi connectivity index (χ4n) is 12.5. The molecule has 544 valence electrons. The summed E-state index contributed by atoms with van der Waals surface area (Å²) in [6, 6.07) is 55.9. The molecular weight excluding hydrogens is 1530 g/mol. The molecular formula is C88H107Br4N3O7. The molecule has 10 nitrogen and oxygen atoms in total. The minimum absolute atomic E-state index is 0. The van der Waals surface area contributed by atoms with Crippen molar-refractivity contribution >= 4 is 120 Å². The summed E-state index contributed by atoms with van der Waals surface area (Å²) in [6.45, 7) is 20.7. The third-order valence-electron chi connectivity index (χ3n) is 18.8. The molecule has 0 radical (unpaired) electrons. The first kappa shape index (κ1) is 83.8. The van der Waals surface area contributed by atoms with Crippen LogP contribution in [-0.4, -0.2) is 53.8 Å². The molecule has 14 heteroatoms. The van der Waals surface area contributed by atoms with Crippen LogP contribution >= 0.6 is 63.7 Å². The van der Waals surface area contributed by atoms with E-state index in [1.54, 1.807) is 18.2 Å². The number of nitrogens with two attached hydrogens (primary N) is 1. The number of carbonyl (C=O) groups excluding carboxylic acids is 3. The van der Waals surface area contributed by atoms with Gasteiger partial charge in [-0.05, 0) is 180 Å². The maximum absolute atomic E-state index is 12.1. The maximum Gasteiger partial charge on any atom is 0.234 e. The van der Waals surface area contributed by atoms with Crippen LogP contribution in [0.5, 0.6) is 23.0 Å². The van der Waals surface area contributed by atoms with Gasteiger partial charge in [0.2, 0.25) is 11.6 Å². The molecule has 0 saturated heterocycles. The molecule has 1 aliphatic rings. The second-order valence-electron chi connectivity index (χ2n) is 26.0. The van der Waals surface area contributed by atoms with Crippen LogP contribution in [0.25, 0.3) is 60.8 Å². The smallest absolute Gasteiger partial charge is 0.234 e. The van der Waals surface area contributed by atoms with E-state index in [-0.39, 0.29) is 14.9 Å². The molecule has 4 atom stereocenters. The van der Waals surface area contributed by atoms with Crippen molar-refractivity contribution in [2.24, 2.45) is 23.7 Å². The van der Waals surface area contributed by atoms with Gasteiger partial charge in [0.1, 0.15) is 12.1 Å². The zero-order chi connectivity index (χ0) is 71.5. The summed E-state index contributed by atoms with van der Waals surface area (Å²) in [4.78, 5) is 40.7. The number of nitrogen functional groups attached to an aromatic ring is 1. The summed E-state index contributed by atoms with van der Waals surface area (Å²) >= 11 is 14.2. The normalized spacial score (nSPS) is 12.5. The molecule has 0 bridgehead atoms. The average Bonchev–Trinajstić information content (AvgIpc) is 1.48. The van der Waals surface area contributed by atoms with Gasteiger partial charge in [-0.3, -0.25) is 19.0 Å². The predicted octanol–water partition coefficient (Wildman–Crippen LogP) is 27.2. The van der Waals surface area contributed by atoms with E-state index in [9.17, 15) is 14.4 Å². The van der Waals surface area contributed by atoms with Gasteiger partial charge in [-0.15, -0.1) is 0 Å². The summed E-state index contributed by atoms with van der Waals surface area (Å²) in [5, 5.41) is 4.64. The molecule has 9 aromatic carbocycles. The summed E-state index contributed by atoms with van der Waals surface area (Å²) in [6.07, 6.45) is 19.8. The van der Waals surface area contributed by atoms with Gasteiger partial charge in [0.05, 0.1) is 37.5 Å². The van der Waals surface area contributed by atoms with E-state index >= 15 is 0 Å². The molecule has 0 aliphatic heterocycles. The molecule has 4 unspecified atom stereocenters. The van der Waals surface area contributed by atoms with Crippen LogP contribution in [0.2, 0.25) is 0 Å².